The summed E-state index contributed by atoms with van der Waals surface area (Å²) in [6.45, 7) is 9.00. The minimum Gasteiger partial charge on any atom is -0.462 e. The van der Waals surface area contributed by atoms with E-state index < -0.39 is 28.7 Å². The van der Waals surface area contributed by atoms with Gasteiger partial charge in [0.2, 0.25) is 5.95 Å². The fraction of sp³-hybridized carbons (Fsp3) is 0.423. The van der Waals surface area contributed by atoms with E-state index in [2.05, 4.69) is 25.9 Å². The molecule has 1 unspecified atom stereocenters. The third-order valence-electron chi connectivity index (χ3n) is 5.70. The lowest BCUT2D eigenvalue weighted by molar-refractivity contribution is -0.154. The van der Waals surface area contributed by atoms with Crippen LogP contribution in [0.3, 0.4) is 0 Å². The van der Waals surface area contributed by atoms with E-state index in [9.17, 15) is 22.8 Å². The van der Waals surface area contributed by atoms with Crippen molar-refractivity contribution in [3.8, 4) is 0 Å². The van der Waals surface area contributed by atoms with E-state index in [-0.39, 0.29) is 30.7 Å². The van der Waals surface area contributed by atoms with Gasteiger partial charge in [-0.2, -0.15) is 13.2 Å². The highest BCUT2D eigenvalue weighted by atomic mass is 19.4. The normalized spacial score (nSPS) is 13.6. The molecule has 200 valence electrons. The van der Waals surface area contributed by atoms with Crippen LogP contribution in [-0.4, -0.2) is 35.1 Å². The van der Waals surface area contributed by atoms with Crippen molar-refractivity contribution in [2.24, 2.45) is 5.41 Å². The smallest absolute Gasteiger partial charge is 0.416 e. The average Bonchev–Trinajstić information content (AvgIpc) is 3.23. The van der Waals surface area contributed by atoms with Gasteiger partial charge in [0, 0.05) is 13.1 Å². The molecule has 0 saturated heterocycles. The quantitative estimate of drug-likeness (QED) is 0.302. The van der Waals surface area contributed by atoms with Crippen molar-refractivity contribution in [3.63, 3.8) is 0 Å². The van der Waals surface area contributed by atoms with Crippen LogP contribution in [0.15, 0.2) is 42.5 Å². The number of urea groups is 1. The van der Waals surface area contributed by atoms with Crippen molar-refractivity contribution in [2.75, 3.05) is 18.5 Å². The molecule has 37 heavy (non-hydrogen) atoms. The Labute approximate surface area is 213 Å². The summed E-state index contributed by atoms with van der Waals surface area (Å²) in [7, 11) is 0. The fourth-order valence-electron chi connectivity index (χ4n) is 3.61. The number of aromatic nitrogens is 2. The molecule has 1 aromatic heterocycles. The maximum absolute atomic E-state index is 13.5. The second-order valence-electron chi connectivity index (χ2n) is 9.97. The van der Waals surface area contributed by atoms with Gasteiger partial charge < -0.3 is 25.7 Å². The van der Waals surface area contributed by atoms with Crippen molar-refractivity contribution in [1.29, 1.82) is 0 Å². The molecular formula is C26H32F3N5O3. The van der Waals surface area contributed by atoms with Crippen LogP contribution in [0.25, 0.3) is 11.0 Å². The largest absolute Gasteiger partial charge is 0.462 e. The van der Waals surface area contributed by atoms with Crippen molar-refractivity contribution in [3.05, 3.63) is 59.2 Å². The molecule has 0 aliphatic rings. The number of imidazole rings is 1. The molecule has 4 N–H and O–H groups in total. The molecule has 0 radical (unpaired) electrons. The number of hydrogen-bond donors (Lipinski definition) is 4. The Kier molecular flexibility index (Phi) is 8.04. The number of hydrogen-bond acceptors (Lipinski definition) is 5. The summed E-state index contributed by atoms with van der Waals surface area (Å²) in [6, 6.07) is 9.97. The summed E-state index contributed by atoms with van der Waals surface area (Å²) in [6.07, 6.45) is -4.54. The molecule has 2 aromatic carbocycles. The van der Waals surface area contributed by atoms with E-state index in [1.54, 1.807) is 39.8 Å². The number of esters is 1. The van der Waals surface area contributed by atoms with E-state index in [1.807, 2.05) is 13.0 Å². The number of alkyl halides is 3. The number of halogens is 3. The highest BCUT2D eigenvalue weighted by Gasteiger charge is 2.36. The maximum atomic E-state index is 13.5. The monoisotopic (exact) mass is 519 g/mol. The van der Waals surface area contributed by atoms with Gasteiger partial charge in [0.15, 0.2) is 0 Å². The minimum atomic E-state index is -4.54. The van der Waals surface area contributed by atoms with E-state index in [1.165, 1.54) is 12.1 Å². The third-order valence-corrected chi connectivity index (χ3v) is 5.70. The van der Waals surface area contributed by atoms with Crippen LogP contribution < -0.4 is 16.0 Å². The SMILES string of the molecule is CCNC(=O)NCc1cccc2[nH]c(NC(C)(COC(=O)C(C)(C)C)c3cccc(C(F)(F)F)c3)nc12. The second-order valence-corrected chi connectivity index (χ2v) is 9.97. The van der Waals surface area contributed by atoms with Gasteiger partial charge in [-0.3, -0.25) is 4.79 Å². The molecular weight excluding hydrogens is 487 g/mol. The van der Waals surface area contributed by atoms with Gasteiger partial charge in [0.1, 0.15) is 6.61 Å². The molecule has 0 bridgehead atoms. The Balaban J connectivity index is 1.96. The first-order valence-corrected chi connectivity index (χ1v) is 11.9. The molecule has 3 rings (SSSR count). The van der Waals surface area contributed by atoms with Gasteiger partial charge in [-0.1, -0.05) is 24.3 Å². The van der Waals surface area contributed by atoms with Gasteiger partial charge in [-0.25, -0.2) is 9.78 Å². The Morgan fingerprint density at radius 2 is 1.68 bits per heavy atom. The number of fused-ring (bicyclic) bond motifs is 1. The first kappa shape index (κ1) is 27.8. The average molecular weight is 520 g/mol. The summed E-state index contributed by atoms with van der Waals surface area (Å²) in [5, 5.41) is 8.56. The Hall–Kier alpha value is -3.76. The van der Waals surface area contributed by atoms with Crippen molar-refractivity contribution < 1.29 is 27.5 Å². The number of carbonyl (C=O) groups excluding carboxylic acids is 2. The number of H-pyrrole nitrogens is 1. The van der Waals surface area contributed by atoms with E-state index in [0.29, 0.717) is 17.6 Å². The van der Waals surface area contributed by atoms with Crippen LogP contribution in [0, 0.1) is 5.41 Å². The number of aromatic amines is 1. The molecule has 11 heteroatoms. The molecule has 1 atom stereocenters. The lowest BCUT2D eigenvalue weighted by Gasteiger charge is -2.32. The minimum absolute atomic E-state index is 0.224. The summed E-state index contributed by atoms with van der Waals surface area (Å²) < 4.78 is 45.9. The van der Waals surface area contributed by atoms with Gasteiger partial charge in [-0.15, -0.1) is 0 Å². The Morgan fingerprint density at radius 3 is 2.32 bits per heavy atom. The number of amides is 2. The lowest BCUT2D eigenvalue weighted by atomic mass is 9.91. The van der Waals surface area contributed by atoms with Crippen LogP contribution in [0.1, 0.15) is 51.3 Å². The fourth-order valence-corrected chi connectivity index (χ4v) is 3.61. The van der Waals surface area contributed by atoms with Crippen molar-refractivity contribution in [2.45, 2.75) is 52.9 Å². The van der Waals surface area contributed by atoms with Crippen LogP contribution in [0.5, 0.6) is 0 Å². The topological polar surface area (TPSA) is 108 Å². The van der Waals surface area contributed by atoms with Gasteiger partial charge in [-0.05, 0) is 63.9 Å². The second kappa shape index (κ2) is 10.7. The van der Waals surface area contributed by atoms with E-state index in [4.69, 9.17) is 4.74 Å². The summed E-state index contributed by atoms with van der Waals surface area (Å²) in [5.41, 5.74) is -0.607. The third kappa shape index (κ3) is 6.93. The van der Waals surface area contributed by atoms with E-state index >= 15 is 0 Å². The van der Waals surface area contributed by atoms with Crippen molar-refractivity contribution >= 4 is 29.0 Å². The zero-order valence-electron chi connectivity index (χ0n) is 21.5. The first-order valence-electron chi connectivity index (χ1n) is 11.9. The van der Waals surface area contributed by atoms with Crippen LogP contribution >= 0.6 is 0 Å². The standard InChI is InChI=1S/C26H32F3N5O3/c1-6-30-23(36)31-14-16-9-7-12-19-20(16)33-22(32-19)34-25(5,15-37-21(35)24(2,3)4)17-10-8-11-18(13-17)26(27,28)29/h7-13H,6,14-15H2,1-5H3,(H2,30,31,36)(H2,32,33,34). The molecule has 1 heterocycles. The molecule has 0 spiro atoms. The van der Waals surface area contributed by atoms with Gasteiger partial charge in [0.05, 0.1) is 27.6 Å². The number of para-hydroxylation sites is 1. The van der Waals surface area contributed by atoms with Gasteiger partial charge in [0.25, 0.3) is 0 Å². The zero-order valence-corrected chi connectivity index (χ0v) is 21.5. The predicted molar refractivity (Wildman–Crippen MR) is 135 cm³/mol. The highest BCUT2D eigenvalue weighted by Crippen LogP contribution is 2.34. The molecule has 0 aliphatic carbocycles. The molecule has 8 nitrogen and oxygen atoms in total. The lowest BCUT2D eigenvalue weighted by Crippen LogP contribution is -2.40. The zero-order chi connectivity index (χ0) is 27.4. The number of nitrogens with one attached hydrogen (secondary N) is 4. The Morgan fingerprint density at radius 1 is 1.00 bits per heavy atom. The highest BCUT2D eigenvalue weighted by molar-refractivity contribution is 5.82. The number of nitrogens with zero attached hydrogens (tertiary/aromatic N) is 1. The number of carbonyl (C=O) groups is 2. The number of anilines is 1. The van der Waals surface area contributed by atoms with Crippen LogP contribution in [0.4, 0.5) is 23.9 Å². The summed E-state index contributed by atoms with van der Waals surface area (Å²) in [5.74, 6) is -0.219. The van der Waals surface area contributed by atoms with Crippen LogP contribution in [-0.2, 0) is 27.8 Å². The van der Waals surface area contributed by atoms with Crippen LogP contribution in [0.2, 0.25) is 0 Å². The molecule has 0 aliphatic heterocycles. The number of rotatable bonds is 8. The predicted octanol–water partition coefficient (Wildman–Crippen LogP) is 5.32. The molecule has 0 fully saturated rings. The summed E-state index contributed by atoms with van der Waals surface area (Å²) in [4.78, 5) is 32.0. The Bertz CT molecular complexity index is 1270. The first-order chi connectivity index (χ1) is 17.2. The molecule has 2 amide bonds. The number of ether oxygens (including phenoxy) is 1. The maximum Gasteiger partial charge on any atom is 0.416 e. The molecule has 3 aromatic rings. The van der Waals surface area contributed by atoms with E-state index in [0.717, 1.165) is 17.7 Å². The number of benzene rings is 2. The van der Waals surface area contributed by atoms with Gasteiger partial charge >= 0.3 is 18.2 Å². The molecule has 0 saturated carbocycles. The van der Waals surface area contributed by atoms with Crippen molar-refractivity contribution in [1.82, 2.24) is 20.6 Å². The summed E-state index contributed by atoms with van der Waals surface area (Å²) >= 11 is 0.